The first kappa shape index (κ1) is 12.1. The van der Waals surface area contributed by atoms with Crippen molar-refractivity contribution in [3.05, 3.63) is 46.3 Å². The molecule has 0 N–H and O–H groups in total. The molecule has 1 aromatic carbocycles. The quantitative estimate of drug-likeness (QED) is 0.727. The normalized spacial score (nSPS) is 10.9. The molecule has 96 valence electrons. The standard InChI is InChI=1S/C13H11BrN4O/c1-8-5-10(14)3-4-11(8)19-12-6-9(2)17-13-15-7-16-18(12)13/h3-7H,1-2H3. The van der Waals surface area contributed by atoms with Gasteiger partial charge in [0, 0.05) is 16.2 Å². The van der Waals surface area contributed by atoms with E-state index < -0.39 is 0 Å². The van der Waals surface area contributed by atoms with Gasteiger partial charge in [-0.2, -0.15) is 14.6 Å². The molecule has 2 aromatic heterocycles. The van der Waals surface area contributed by atoms with Gasteiger partial charge in [-0.15, -0.1) is 0 Å². The molecule has 0 atom stereocenters. The fourth-order valence-corrected chi connectivity index (χ4v) is 2.29. The van der Waals surface area contributed by atoms with Crippen LogP contribution < -0.4 is 4.74 Å². The lowest BCUT2D eigenvalue weighted by Crippen LogP contribution is -1.99. The van der Waals surface area contributed by atoms with Crippen LogP contribution in [0.3, 0.4) is 0 Å². The molecule has 0 amide bonds. The van der Waals surface area contributed by atoms with Crippen LogP contribution in [0.2, 0.25) is 0 Å². The molecular weight excluding hydrogens is 308 g/mol. The predicted molar refractivity (Wildman–Crippen MR) is 74.5 cm³/mol. The van der Waals surface area contributed by atoms with Gasteiger partial charge in [0.15, 0.2) is 0 Å². The van der Waals surface area contributed by atoms with Crippen molar-refractivity contribution in [2.45, 2.75) is 13.8 Å². The molecule has 6 heteroatoms. The molecule has 0 radical (unpaired) electrons. The SMILES string of the molecule is Cc1cc(Oc2ccc(Br)cc2C)n2ncnc2n1. The third-order valence-corrected chi connectivity index (χ3v) is 3.19. The second-order valence-corrected chi connectivity index (χ2v) is 5.14. The van der Waals surface area contributed by atoms with E-state index in [0.717, 1.165) is 21.5 Å². The van der Waals surface area contributed by atoms with Crippen LogP contribution >= 0.6 is 15.9 Å². The number of hydrogen-bond acceptors (Lipinski definition) is 4. The first-order chi connectivity index (χ1) is 9.13. The van der Waals surface area contributed by atoms with Crippen molar-refractivity contribution in [2.24, 2.45) is 0 Å². The lowest BCUT2D eigenvalue weighted by molar-refractivity contribution is 0.442. The van der Waals surface area contributed by atoms with Crippen molar-refractivity contribution in [3.8, 4) is 11.6 Å². The van der Waals surface area contributed by atoms with Crippen molar-refractivity contribution in [1.29, 1.82) is 0 Å². The average Bonchev–Trinajstić information content (AvgIpc) is 2.80. The molecule has 3 aromatic rings. The Morgan fingerprint density at radius 1 is 1.21 bits per heavy atom. The van der Waals surface area contributed by atoms with Crippen molar-refractivity contribution in [2.75, 3.05) is 0 Å². The van der Waals surface area contributed by atoms with Crippen LogP contribution in [-0.4, -0.2) is 19.6 Å². The number of rotatable bonds is 2. The molecule has 0 saturated carbocycles. The monoisotopic (exact) mass is 318 g/mol. The average molecular weight is 319 g/mol. The van der Waals surface area contributed by atoms with Crippen LogP contribution in [0.25, 0.3) is 5.78 Å². The number of benzene rings is 1. The highest BCUT2D eigenvalue weighted by molar-refractivity contribution is 9.10. The van der Waals surface area contributed by atoms with Crippen LogP contribution in [-0.2, 0) is 0 Å². The van der Waals surface area contributed by atoms with Gasteiger partial charge in [0.2, 0.25) is 5.88 Å². The fourth-order valence-electron chi connectivity index (χ4n) is 1.81. The van der Waals surface area contributed by atoms with Crippen molar-refractivity contribution in [1.82, 2.24) is 19.6 Å². The van der Waals surface area contributed by atoms with Crippen LogP contribution in [0.1, 0.15) is 11.3 Å². The van der Waals surface area contributed by atoms with Gasteiger partial charge in [0.1, 0.15) is 12.1 Å². The molecule has 0 bridgehead atoms. The molecule has 0 fully saturated rings. The Morgan fingerprint density at radius 2 is 2.05 bits per heavy atom. The third kappa shape index (κ3) is 2.31. The molecule has 0 aliphatic heterocycles. The second-order valence-electron chi connectivity index (χ2n) is 4.22. The molecule has 19 heavy (non-hydrogen) atoms. The van der Waals surface area contributed by atoms with E-state index in [1.165, 1.54) is 6.33 Å². The molecule has 0 aliphatic rings. The summed E-state index contributed by atoms with van der Waals surface area (Å²) in [7, 11) is 0. The largest absolute Gasteiger partial charge is 0.439 e. The van der Waals surface area contributed by atoms with Gasteiger partial charge < -0.3 is 4.74 Å². The van der Waals surface area contributed by atoms with E-state index in [4.69, 9.17) is 4.74 Å². The Labute approximate surface area is 118 Å². The van der Waals surface area contributed by atoms with Crippen LogP contribution in [0, 0.1) is 13.8 Å². The van der Waals surface area contributed by atoms with Crippen molar-refractivity contribution in [3.63, 3.8) is 0 Å². The summed E-state index contributed by atoms with van der Waals surface area (Å²) in [6.45, 7) is 3.89. The van der Waals surface area contributed by atoms with E-state index >= 15 is 0 Å². The Morgan fingerprint density at radius 3 is 2.84 bits per heavy atom. The summed E-state index contributed by atoms with van der Waals surface area (Å²) >= 11 is 3.43. The summed E-state index contributed by atoms with van der Waals surface area (Å²) in [5.74, 6) is 1.92. The maximum Gasteiger partial charge on any atom is 0.255 e. The minimum atomic E-state index is 0.532. The maximum atomic E-state index is 5.92. The highest BCUT2D eigenvalue weighted by Gasteiger charge is 2.09. The van der Waals surface area contributed by atoms with E-state index in [1.54, 1.807) is 4.52 Å². The summed E-state index contributed by atoms with van der Waals surface area (Å²) in [5.41, 5.74) is 1.88. The van der Waals surface area contributed by atoms with Gasteiger partial charge >= 0.3 is 0 Å². The summed E-state index contributed by atoms with van der Waals surface area (Å²) in [5, 5.41) is 4.11. The van der Waals surface area contributed by atoms with Gasteiger partial charge in [0.25, 0.3) is 5.78 Å². The zero-order valence-corrected chi connectivity index (χ0v) is 12.0. The van der Waals surface area contributed by atoms with Gasteiger partial charge in [-0.1, -0.05) is 15.9 Å². The second kappa shape index (κ2) is 4.62. The number of aryl methyl sites for hydroxylation is 2. The Hall–Kier alpha value is -1.95. The molecule has 2 heterocycles. The van der Waals surface area contributed by atoms with Gasteiger partial charge in [0.05, 0.1) is 0 Å². The van der Waals surface area contributed by atoms with Crippen molar-refractivity contribution >= 4 is 21.7 Å². The first-order valence-electron chi connectivity index (χ1n) is 5.75. The molecule has 0 aliphatic carbocycles. The summed E-state index contributed by atoms with van der Waals surface area (Å²) in [6.07, 6.45) is 1.46. The van der Waals surface area contributed by atoms with Crippen molar-refractivity contribution < 1.29 is 4.74 Å². The minimum Gasteiger partial charge on any atom is -0.439 e. The topological polar surface area (TPSA) is 52.3 Å². The highest BCUT2D eigenvalue weighted by atomic mass is 79.9. The zero-order chi connectivity index (χ0) is 13.4. The molecule has 0 unspecified atom stereocenters. The number of ether oxygens (including phenoxy) is 1. The molecule has 5 nitrogen and oxygen atoms in total. The lowest BCUT2D eigenvalue weighted by Gasteiger charge is -2.10. The lowest BCUT2D eigenvalue weighted by atomic mass is 10.2. The fraction of sp³-hybridized carbons (Fsp3) is 0.154. The first-order valence-corrected chi connectivity index (χ1v) is 6.54. The Bertz CT molecular complexity index is 753. The zero-order valence-electron chi connectivity index (χ0n) is 10.5. The van der Waals surface area contributed by atoms with Crippen LogP contribution in [0.5, 0.6) is 11.6 Å². The Kier molecular flexibility index (Phi) is 2.94. The Balaban J connectivity index is 2.07. The summed E-state index contributed by atoms with van der Waals surface area (Å²) < 4.78 is 8.52. The highest BCUT2D eigenvalue weighted by Crippen LogP contribution is 2.27. The van der Waals surface area contributed by atoms with E-state index in [0.29, 0.717) is 11.7 Å². The molecule has 3 rings (SSSR count). The molecule has 0 saturated heterocycles. The number of fused-ring (bicyclic) bond motifs is 1. The van der Waals surface area contributed by atoms with Gasteiger partial charge in [-0.3, -0.25) is 0 Å². The number of nitrogens with zero attached hydrogens (tertiary/aromatic N) is 4. The molecular formula is C13H11BrN4O. The smallest absolute Gasteiger partial charge is 0.255 e. The number of halogens is 1. The van der Waals surface area contributed by atoms with Gasteiger partial charge in [-0.25, -0.2) is 4.98 Å². The van der Waals surface area contributed by atoms with E-state index in [1.807, 2.05) is 38.1 Å². The van der Waals surface area contributed by atoms with E-state index in [-0.39, 0.29) is 0 Å². The minimum absolute atomic E-state index is 0.532. The number of hydrogen-bond donors (Lipinski definition) is 0. The van der Waals surface area contributed by atoms with Gasteiger partial charge in [-0.05, 0) is 37.6 Å². The maximum absolute atomic E-state index is 5.92. The summed E-state index contributed by atoms with van der Waals surface area (Å²) in [4.78, 5) is 8.35. The van der Waals surface area contributed by atoms with Crippen LogP contribution in [0.4, 0.5) is 0 Å². The van der Waals surface area contributed by atoms with Crippen LogP contribution in [0.15, 0.2) is 35.1 Å². The third-order valence-electron chi connectivity index (χ3n) is 2.70. The number of aromatic nitrogens is 4. The molecule has 0 spiro atoms. The van der Waals surface area contributed by atoms with E-state index in [2.05, 4.69) is 31.0 Å². The predicted octanol–water partition coefficient (Wildman–Crippen LogP) is 3.30. The van der Waals surface area contributed by atoms with E-state index in [9.17, 15) is 0 Å². The summed E-state index contributed by atoms with van der Waals surface area (Å²) in [6, 6.07) is 7.69.